The van der Waals surface area contributed by atoms with E-state index in [0.717, 1.165) is 38.1 Å². The highest BCUT2D eigenvalue weighted by molar-refractivity contribution is 6.42. The van der Waals surface area contributed by atoms with E-state index in [2.05, 4.69) is 12.1 Å². The van der Waals surface area contributed by atoms with Gasteiger partial charge in [0.05, 0.1) is 17.2 Å². The van der Waals surface area contributed by atoms with Crippen LogP contribution in [0.3, 0.4) is 0 Å². The van der Waals surface area contributed by atoms with Crippen molar-refractivity contribution < 1.29 is 9.53 Å². The molecule has 1 fully saturated rings. The van der Waals surface area contributed by atoms with Gasteiger partial charge < -0.3 is 9.64 Å². The first-order chi connectivity index (χ1) is 12.1. The van der Waals surface area contributed by atoms with Crippen LogP contribution >= 0.6 is 23.2 Å². The maximum Gasteiger partial charge on any atom is 0.253 e. The third-order valence-electron chi connectivity index (χ3n) is 4.75. The van der Waals surface area contributed by atoms with E-state index in [4.69, 9.17) is 27.9 Å². The minimum Gasteiger partial charge on any atom is -0.497 e. The highest BCUT2D eigenvalue weighted by Gasteiger charge is 2.24. The zero-order chi connectivity index (χ0) is 17.8. The molecule has 3 nitrogen and oxygen atoms in total. The SMILES string of the molecule is COc1ccc(CC2CCN(C(=O)c3ccc(Cl)c(Cl)c3)CC2)cc1. The molecule has 0 aromatic heterocycles. The van der Waals surface area contributed by atoms with Crippen LogP contribution in [0.1, 0.15) is 28.8 Å². The maximum atomic E-state index is 12.6. The van der Waals surface area contributed by atoms with E-state index in [-0.39, 0.29) is 5.91 Å². The van der Waals surface area contributed by atoms with Crippen molar-refractivity contribution in [3.05, 3.63) is 63.6 Å². The van der Waals surface area contributed by atoms with Crippen molar-refractivity contribution in [2.75, 3.05) is 20.2 Å². The lowest BCUT2D eigenvalue weighted by Crippen LogP contribution is -2.38. The second kappa shape index (κ2) is 8.11. The summed E-state index contributed by atoms with van der Waals surface area (Å²) in [5, 5.41) is 0.887. The Kier molecular flexibility index (Phi) is 5.87. The Labute approximate surface area is 158 Å². The van der Waals surface area contributed by atoms with Gasteiger partial charge in [-0.2, -0.15) is 0 Å². The van der Waals surface area contributed by atoms with Gasteiger partial charge in [-0.15, -0.1) is 0 Å². The number of rotatable bonds is 4. The molecule has 0 N–H and O–H groups in total. The molecule has 1 amide bonds. The van der Waals surface area contributed by atoms with Gasteiger partial charge in [0.2, 0.25) is 0 Å². The van der Waals surface area contributed by atoms with Crippen LogP contribution in [0.5, 0.6) is 5.75 Å². The summed E-state index contributed by atoms with van der Waals surface area (Å²) in [6.45, 7) is 1.56. The van der Waals surface area contributed by atoms with E-state index in [0.29, 0.717) is 21.5 Å². The van der Waals surface area contributed by atoms with Crippen molar-refractivity contribution in [3.63, 3.8) is 0 Å². The molecule has 2 aromatic rings. The van der Waals surface area contributed by atoms with E-state index in [9.17, 15) is 4.79 Å². The zero-order valence-electron chi connectivity index (χ0n) is 14.2. The predicted octanol–water partition coefficient (Wildman–Crippen LogP) is 5.10. The van der Waals surface area contributed by atoms with Gasteiger partial charge in [0.1, 0.15) is 5.75 Å². The van der Waals surface area contributed by atoms with Crippen LogP contribution in [-0.2, 0) is 6.42 Å². The molecular formula is C20H21Cl2NO2. The number of carbonyl (C=O) groups excluding carboxylic acids is 1. The lowest BCUT2D eigenvalue weighted by atomic mass is 9.90. The zero-order valence-corrected chi connectivity index (χ0v) is 15.7. The summed E-state index contributed by atoms with van der Waals surface area (Å²) in [6, 6.07) is 13.3. The quantitative estimate of drug-likeness (QED) is 0.741. The number of hydrogen-bond acceptors (Lipinski definition) is 2. The van der Waals surface area contributed by atoms with Gasteiger partial charge in [0, 0.05) is 18.7 Å². The Morgan fingerprint density at radius 2 is 1.76 bits per heavy atom. The number of ether oxygens (including phenoxy) is 1. The average Bonchev–Trinajstić information content (AvgIpc) is 2.65. The van der Waals surface area contributed by atoms with Gasteiger partial charge in [-0.3, -0.25) is 4.79 Å². The van der Waals surface area contributed by atoms with Crippen LogP contribution in [0.15, 0.2) is 42.5 Å². The molecule has 0 atom stereocenters. The van der Waals surface area contributed by atoms with Crippen molar-refractivity contribution in [3.8, 4) is 5.75 Å². The van der Waals surface area contributed by atoms with E-state index >= 15 is 0 Å². The van der Waals surface area contributed by atoms with E-state index < -0.39 is 0 Å². The number of hydrogen-bond donors (Lipinski definition) is 0. The molecule has 0 bridgehead atoms. The Morgan fingerprint density at radius 1 is 1.08 bits per heavy atom. The normalized spacial score (nSPS) is 15.2. The van der Waals surface area contributed by atoms with Crippen molar-refractivity contribution in [2.24, 2.45) is 5.92 Å². The molecule has 0 unspecified atom stereocenters. The Balaban J connectivity index is 1.55. The van der Waals surface area contributed by atoms with Gasteiger partial charge >= 0.3 is 0 Å². The second-order valence-electron chi connectivity index (χ2n) is 6.42. The molecule has 1 aliphatic rings. The van der Waals surface area contributed by atoms with Crippen LogP contribution in [0, 0.1) is 5.92 Å². The second-order valence-corrected chi connectivity index (χ2v) is 7.23. The third-order valence-corrected chi connectivity index (χ3v) is 5.49. The summed E-state index contributed by atoms with van der Waals surface area (Å²) in [7, 11) is 1.68. The molecule has 3 rings (SSSR count). The fourth-order valence-electron chi connectivity index (χ4n) is 3.25. The van der Waals surface area contributed by atoms with Crippen molar-refractivity contribution in [2.45, 2.75) is 19.3 Å². The summed E-state index contributed by atoms with van der Waals surface area (Å²) in [5.41, 5.74) is 1.91. The molecule has 2 aromatic carbocycles. The maximum absolute atomic E-state index is 12.6. The monoisotopic (exact) mass is 377 g/mol. The summed E-state index contributed by atoms with van der Waals surface area (Å²) in [6.07, 6.45) is 3.07. The molecule has 1 saturated heterocycles. The largest absolute Gasteiger partial charge is 0.497 e. The first-order valence-corrected chi connectivity index (χ1v) is 9.19. The molecule has 0 spiro atoms. The molecular weight excluding hydrogens is 357 g/mol. The molecule has 0 saturated carbocycles. The molecule has 25 heavy (non-hydrogen) atoms. The highest BCUT2D eigenvalue weighted by Crippen LogP contribution is 2.26. The molecule has 1 heterocycles. The van der Waals surface area contributed by atoms with Crippen LogP contribution in [0.25, 0.3) is 0 Å². The fraction of sp³-hybridized carbons (Fsp3) is 0.350. The van der Waals surface area contributed by atoms with Gasteiger partial charge in [-0.05, 0) is 61.1 Å². The van der Waals surface area contributed by atoms with Crippen LogP contribution in [0.2, 0.25) is 10.0 Å². The highest BCUT2D eigenvalue weighted by atomic mass is 35.5. The van der Waals surface area contributed by atoms with Crippen molar-refractivity contribution in [1.29, 1.82) is 0 Å². The Hall–Kier alpha value is -1.71. The van der Waals surface area contributed by atoms with Gasteiger partial charge in [0.25, 0.3) is 5.91 Å². The molecule has 1 aliphatic heterocycles. The van der Waals surface area contributed by atoms with Gasteiger partial charge in [-0.25, -0.2) is 0 Å². The molecule has 5 heteroatoms. The summed E-state index contributed by atoms with van der Waals surface area (Å²) < 4.78 is 5.20. The standard InChI is InChI=1S/C20H21Cl2NO2/c1-25-17-5-2-14(3-6-17)12-15-8-10-23(11-9-15)20(24)16-4-7-18(21)19(22)13-16/h2-7,13,15H,8-12H2,1H3. The number of halogens is 2. The average molecular weight is 378 g/mol. The molecule has 132 valence electrons. The van der Waals surface area contributed by atoms with Crippen molar-refractivity contribution >= 4 is 29.1 Å². The van der Waals surface area contributed by atoms with Crippen LogP contribution < -0.4 is 4.74 Å². The molecule has 0 radical (unpaired) electrons. The lowest BCUT2D eigenvalue weighted by molar-refractivity contribution is 0.0690. The fourth-order valence-corrected chi connectivity index (χ4v) is 3.54. The van der Waals surface area contributed by atoms with Gasteiger partial charge in [0.15, 0.2) is 0 Å². The third kappa shape index (κ3) is 4.47. The molecule has 0 aliphatic carbocycles. The summed E-state index contributed by atoms with van der Waals surface area (Å²) in [4.78, 5) is 14.5. The van der Waals surface area contributed by atoms with E-state index in [1.54, 1.807) is 25.3 Å². The first-order valence-electron chi connectivity index (χ1n) is 8.44. The Bertz CT molecular complexity index is 738. The van der Waals surface area contributed by atoms with E-state index in [1.165, 1.54) is 5.56 Å². The first kappa shape index (κ1) is 18.1. The predicted molar refractivity (Wildman–Crippen MR) is 102 cm³/mol. The summed E-state index contributed by atoms with van der Waals surface area (Å²) in [5.74, 6) is 1.51. The number of benzene rings is 2. The van der Waals surface area contributed by atoms with Crippen molar-refractivity contribution in [1.82, 2.24) is 4.90 Å². The number of methoxy groups -OCH3 is 1. The minimum atomic E-state index is 0.0291. The Morgan fingerprint density at radius 3 is 2.36 bits per heavy atom. The smallest absolute Gasteiger partial charge is 0.253 e. The number of likely N-dealkylation sites (tertiary alicyclic amines) is 1. The van der Waals surface area contributed by atoms with Crippen LogP contribution in [0.4, 0.5) is 0 Å². The number of carbonyl (C=O) groups is 1. The van der Waals surface area contributed by atoms with E-state index in [1.807, 2.05) is 17.0 Å². The summed E-state index contributed by atoms with van der Waals surface area (Å²) >= 11 is 11.9. The minimum absolute atomic E-state index is 0.0291. The topological polar surface area (TPSA) is 29.5 Å². The van der Waals surface area contributed by atoms with Gasteiger partial charge in [-0.1, -0.05) is 35.3 Å². The number of nitrogens with zero attached hydrogens (tertiary/aromatic N) is 1. The lowest BCUT2D eigenvalue weighted by Gasteiger charge is -2.32. The van der Waals surface area contributed by atoms with Crippen LogP contribution in [-0.4, -0.2) is 31.0 Å². The number of piperidine rings is 1. The number of amides is 1.